The second kappa shape index (κ2) is 7.52. The molecule has 0 spiro atoms. The summed E-state index contributed by atoms with van der Waals surface area (Å²) in [6, 6.07) is 5.39. The number of nitrogens with one attached hydrogen (secondary N) is 3. The van der Waals surface area contributed by atoms with Crippen molar-refractivity contribution >= 4 is 55.3 Å². The molecule has 2 heterocycles. The minimum absolute atomic E-state index is 0.237. The lowest BCUT2D eigenvalue weighted by Crippen LogP contribution is -2.35. The van der Waals surface area contributed by atoms with Gasteiger partial charge in [-0.2, -0.15) is 13.1 Å². The van der Waals surface area contributed by atoms with Crippen LogP contribution < -0.4 is 9.44 Å². The number of aromatic amines is 1. The van der Waals surface area contributed by atoms with Gasteiger partial charge >= 0.3 is 0 Å². The first kappa shape index (κ1) is 19.7. The Morgan fingerprint density at radius 1 is 1.30 bits per heavy atom. The molecule has 7 nitrogen and oxygen atoms in total. The van der Waals surface area contributed by atoms with Crippen LogP contribution in [-0.4, -0.2) is 30.2 Å². The van der Waals surface area contributed by atoms with Gasteiger partial charge in [0.2, 0.25) is 0 Å². The maximum Gasteiger partial charge on any atom is 0.299 e. The predicted molar refractivity (Wildman–Crippen MR) is 109 cm³/mol. The van der Waals surface area contributed by atoms with Crippen molar-refractivity contribution in [1.82, 2.24) is 14.7 Å². The number of hydrogen-bond acceptors (Lipinski definition) is 4. The standard InChI is InChI=1S/C17H16FIN4O3S/c1-9(2)22-27(25,26)23-14-5-3-4-11(15(14)18)16(24)13-8-21-17-12(13)6-10(19)7-20-17/h3-9,22-23H,1-2H3,(H,20,21). The average Bonchev–Trinajstić information content (AvgIpc) is 2.97. The quantitative estimate of drug-likeness (QED) is 0.356. The van der Waals surface area contributed by atoms with E-state index in [9.17, 15) is 17.6 Å². The number of fused-ring (bicyclic) bond motifs is 1. The number of H-pyrrole nitrogens is 1. The molecule has 0 bridgehead atoms. The van der Waals surface area contributed by atoms with Crippen molar-refractivity contribution in [3.63, 3.8) is 0 Å². The van der Waals surface area contributed by atoms with E-state index in [1.54, 1.807) is 26.1 Å². The first-order valence-electron chi connectivity index (χ1n) is 7.94. The number of carbonyl (C=O) groups is 1. The van der Waals surface area contributed by atoms with E-state index in [0.717, 1.165) is 3.57 Å². The fourth-order valence-electron chi connectivity index (χ4n) is 2.58. The highest BCUT2D eigenvalue weighted by Crippen LogP contribution is 2.25. The molecule has 2 aromatic heterocycles. The summed E-state index contributed by atoms with van der Waals surface area (Å²) in [6.07, 6.45) is 3.11. The number of ketones is 1. The molecule has 0 radical (unpaired) electrons. The maximum absolute atomic E-state index is 14.9. The van der Waals surface area contributed by atoms with Gasteiger partial charge in [-0.3, -0.25) is 9.52 Å². The average molecular weight is 502 g/mol. The summed E-state index contributed by atoms with van der Waals surface area (Å²) >= 11 is 2.07. The van der Waals surface area contributed by atoms with Crippen LogP contribution in [0.25, 0.3) is 11.0 Å². The lowest BCUT2D eigenvalue weighted by molar-refractivity contribution is 0.103. The van der Waals surface area contributed by atoms with Crippen molar-refractivity contribution in [2.45, 2.75) is 19.9 Å². The fraction of sp³-hybridized carbons (Fsp3) is 0.176. The van der Waals surface area contributed by atoms with E-state index in [4.69, 9.17) is 0 Å². The number of carbonyl (C=O) groups excluding carboxylic acids is 1. The molecule has 1 aromatic carbocycles. The molecule has 3 N–H and O–H groups in total. The summed E-state index contributed by atoms with van der Waals surface area (Å²) in [6.45, 7) is 3.28. The number of benzene rings is 1. The van der Waals surface area contributed by atoms with Crippen LogP contribution in [0, 0.1) is 9.39 Å². The molecule has 0 atom stereocenters. The first-order chi connectivity index (χ1) is 12.7. The Morgan fingerprint density at radius 2 is 2.04 bits per heavy atom. The molecule has 0 amide bonds. The van der Waals surface area contributed by atoms with Gasteiger partial charge in [-0.15, -0.1) is 0 Å². The molecular formula is C17H16FIN4O3S. The van der Waals surface area contributed by atoms with Crippen LogP contribution in [0.4, 0.5) is 10.1 Å². The lowest BCUT2D eigenvalue weighted by Gasteiger charge is -2.13. The zero-order chi connectivity index (χ0) is 19.8. The number of hydrogen-bond donors (Lipinski definition) is 3. The Balaban J connectivity index is 2.00. The van der Waals surface area contributed by atoms with Crippen molar-refractivity contribution in [2.24, 2.45) is 0 Å². The molecule has 3 aromatic rings. The van der Waals surface area contributed by atoms with Crippen LogP contribution in [0.3, 0.4) is 0 Å². The van der Waals surface area contributed by atoms with E-state index in [1.165, 1.54) is 24.4 Å². The molecule has 0 unspecified atom stereocenters. The Morgan fingerprint density at radius 3 is 2.74 bits per heavy atom. The predicted octanol–water partition coefficient (Wildman–Crippen LogP) is 3.19. The molecule has 27 heavy (non-hydrogen) atoms. The van der Waals surface area contributed by atoms with E-state index in [1.807, 2.05) is 0 Å². The second-order valence-electron chi connectivity index (χ2n) is 6.13. The highest BCUT2D eigenvalue weighted by molar-refractivity contribution is 14.1. The molecule has 0 aliphatic carbocycles. The van der Waals surface area contributed by atoms with Gasteiger partial charge in [0.25, 0.3) is 10.2 Å². The van der Waals surface area contributed by atoms with Gasteiger partial charge in [0.15, 0.2) is 11.6 Å². The monoisotopic (exact) mass is 502 g/mol. The minimum atomic E-state index is -3.96. The molecule has 3 rings (SSSR count). The van der Waals surface area contributed by atoms with Crippen LogP contribution in [0.15, 0.2) is 36.7 Å². The summed E-state index contributed by atoms with van der Waals surface area (Å²) in [5, 5.41) is 0.568. The zero-order valence-corrected chi connectivity index (χ0v) is 17.4. The van der Waals surface area contributed by atoms with E-state index in [-0.39, 0.29) is 22.9 Å². The van der Waals surface area contributed by atoms with E-state index in [0.29, 0.717) is 11.0 Å². The first-order valence-corrected chi connectivity index (χ1v) is 10.5. The van der Waals surface area contributed by atoms with E-state index >= 15 is 0 Å². The van der Waals surface area contributed by atoms with Crippen molar-refractivity contribution in [2.75, 3.05) is 4.72 Å². The second-order valence-corrected chi connectivity index (χ2v) is 8.82. The van der Waals surface area contributed by atoms with Gasteiger partial charge in [-0.05, 0) is 54.6 Å². The molecule has 0 saturated heterocycles. The maximum atomic E-state index is 14.9. The van der Waals surface area contributed by atoms with E-state index in [2.05, 4.69) is 42.0 Å². The summed E-state index contributed by atoms with van der Waals surface area (Å²) in [4.78, 5) is 19.9. The van der Waals surface area contributed by atoms with Crippen LogP contribution in [0.2, 0.25) is 0 Å². The van der Waals surface area contributed by atoms with Crippen LogP contribution in [0.5, 0.6) is 0 Å². The van der Waals surface area contributed by atoms with Crippen molar-refractivity contribution in [1.29, 1.82) is 0 Å². The van der Waals surface area contributed by atoms with Gasteiger partial charge < -0.3 is 4.98 Å². The lowest BCUT2D eigenvalue weighted by atomic mass is 10.0. The van der Waals surface area contributed by atoms with E-state index < -0.39 is 21.8 Å². The highest BCUT2D eigenvalue weighted by Gasteiger charge is 2.22. The molecule has 10 heteroatoms. The van der Waals surface area contributed by atoms with Crippen LogP contribution >= 0.6 is 22.6 Å². The fourth-order valence-corrected chi connectivity index (χ4v) is 4.16. The number of aromatic nitrogens is 2. The molecule has 0 saturated carbocycles. The number of nitrogens with zero attached hydrogens (tertiary/aromatic N) is 1. The van der Waals surface area contributed by atoms with Crippen LogP contribution in [0.1, 0.15) is 29.8 Å². The minimum Gasteiger partial charge on any atom is -0.345 e. The van der Waals surface area contributed by atoms with Crippen molar-refractivity contribution < 1.29 is 17.6 Å². The Bertz CT molecular complexity index is 1130. The van der Waals surface area contributed by atoms with Gasteiger partial charge in [0.05, 0.1) is 11.3 Å². The van der Waals surface area contributed by atoms with Gasteiger partial charge in [0.1, 0.15) is 5.65 Å². The van der Waals surface area contributed by atoms with Crippen molar-refractivity contribution in [3.8, 4) is 0 Å². The number of halogens is 2. The number of rotatable bonds is 6. The smallest absolute Gasteiger partial charge is 0.299 e. The third kappa shape index (κ3) is 4.28. The summed E-state index contributed by atoms with van der Waals surface area (Å²) < 4.78 is 44.1. The summed E-state index contributed by atoms with van der Waals surface area (Å²) in [5.74, 6) is -1.51. The molecule has 0 aliphatic rings. The molecule has 0 fully saturated rings. The Hall–Kier alpha value is -2.05. The third-order valence-corrected chi connectivity index (χ3v) is 5.48. The summed E-state index contributed by atoms with van der Waals surface area (Å²) in [5.41, 5.74) is 0.230. The summed E-state index contributed by atoms with van der Waals surface area (Å²) in [7, 11) is -3.96. The highest BCUT2D eigenvalue weighted by atomic mass is 127. The molecular weight excluding hydrogens is 486 g/mol. The zero-order valence-electron chi connectivity index (χ0n) is 14.4. The largest absolute Gasteiger partial charge is 0.345 e. The van der Waals surface area contributed by atoms with Gasteiger partial charge in [-0.1, -0.05) is 6.07 Å². The number of anilines is 1. The Labute approximate surface area is 169 Å². The van der Waals surface area contributed by atoms with Crippen molar-refractivity contribution in [3.05, 3.63) is 57.2 Å². The third-order valence-electron chi connectivity index (χ3n) is 3.62. The number of pyridine rings is 1. The topological polar surface area (TPSA) is 104 Å². The van der Waals surface area contributed by atoms with Gasteiger partial charge in [-0.25, -0.2) is 9.37 Å². The Kier molecular flexibility index (Phi) is 5.49. The van der Waals surface area contributed by atoms with Gasteiger partial charge in [0, 0.05) is 33.0 Å². The normalized spacial score (nSPS) is 11.9. The molecule has 0 aliphatic heterocycles. The molecule has 142 valence electrons. The SMILES string of the molecule is CC(C)NS(=O)(=O)Nc1cccc(C(=O)c2c[nH]c3ncc(I)cc23)c1F. The van der Waals surface area contributed by atoms with Crippen LogP contribution in [-0.2, 0) is 10.2 Å².